The van der Waals surface area contributed by atoms with Gasteiger partial charge in [-0.2, -0.15) is 5.10 Å². The third-order valence-corrected chi connectivity index (χ3v) is 4.32. The Labute approximate surface area is 134 Å². The summed E-state index contributed by atoms with van der Waals surface area (Å²) in [5, 5.41) is 16.1. The van der Waals surface area contributed by atoms with Crippen molar-refractivity contribution in [2.45, 2.75) is 37.8 Å². The first-order valence-electron chi connectivity index (χ1n) is 7.00. The van der Waals surface area contributed by atoms with Crippen LogP contribution in [0.2, 0.25) is 5.02 Å². The molecule has 2 atom stereocenters. The minimum Gasteiger partial charge on any atom is -0.383 e. The predicted octanol–water partition coefficient (Wildman–Crippen LogP) is 3.79. The van der Waals surface area contributed by atoms with Crippen LogP contribution in [-0.2, 0) is 5.60 Å². The van der Waals surface area contributed by atoms with E-state index in [1.54, 1.807) is 23.1 Å². The number of nitrogens with zero attached hydrogens (tertiary/aromatic N) is 3. The van der Waals surface area contributed by atoms with Crippen LogP contribution in [0.1, 0.15) is 37.8 Å². The second kappa shape index (κ2) is 7.25. The summed E-state index contributed by atoms with van der Waals surface area (Å²) in [5.41, 5.74) is -0.214. The zero-order valence-corrected chi connectivity index (χ0v) is 13.4. The molecule has 0 fully saturated rings. The number of aliphatic hydroxyl groups is 1. The normalized spacial score (nSPS) is 15.6. The summed E-state index contributed by atoms with van der Waals surface area (Å²) in [7, 11) is 0. The van der Waals surface area contributed by atoms with Crippen molar-refractivity contribution in [3.63, 3.8) is 0 Å². The number of rotatable bonds is 7. The van der Waals surface area contributed by atoms with Crippen LogP contribution in [0.4, 0.5) is 0 Å². The zero-order valence-electron chi connectivity index (χ0n) is 11.9. The Morgan fingerprint density at radius 3 is 2.57 bits per heavy atom. The van der Waals surface area contributed by atoms with Crippen LogP contribution in [0.25, 0.3) is 0 Å². The van der Waals surface area contributed by atoms with Gasteiger partial charge in [-0.25, -0.2) is 9.67 Å². The van der Waals surface area contributed by atoms with E-state index in [4.69, 9.17) is 23.2 Å². The minimum atomic E-state index is -1.04. The Balaban J connectivity index is 2.39. The largest absolute Gasteiger partial charge is 0.383 e. The van der Waals surface area contributed by atoms with Gasteiger partial charge in [-0.1, -0.05) is 30.7 Å². The lowest BCUT2D eigenvalue weighted by atomic mass is 9.82. The number of benzene rings is 1. The summed E-state index contributed by atoms with van der Waals surface area (Å²) in [5.74, 6) is 0.547. The van der Waals surface area contributed by atoms with Crippen LogP contribution in [0.5, 0.6) is 0 Å². The molecule has 1 N–H and O–H groups in total. The van der Waals surface area contributed by atoms with Gasteiger partial charge in [-0.3, -0.25) is 0 Å². The van der Waals surface area contributed by atoms with Crippen LogP contribution in [-0.4, -0.2) is 25.8 Å². The number of halogens is 2. The van der Waals surface area contributed by atoms with E-state index in [0.29, 0.717) is 17.3 Å². The smallest absolute Gasteiger partial charge is 0.137 e. The van der Waals surface area contributed by atoms with Crippen molar-refractivity contribution >= 4 is 23.2 Å². The molecule has 114 valence electrons. The minimum absolute atomic E-state index is 0.218. The highest BCUT2D eigenvalue weighted by molar-refractivity contribution is 6.30. The molecule has 21 heavy (non-hydrogen) atoms. The van der Waals surface area contributed by atoms with Crippen molar-refractivity contribution in [2.24, 2.45) is 0 Å². The standard InChI is InChI=1S/C15H19Cl2N3O/c1-2-15(21,12-5-7-13(17)8-6-12)14(4-3-9-16)20-11-18-10-19-20/h5-8,10-11,14,21H,2-4,9H2,1H3. The van der Waals surface area contributed by atoms with Crippen molar-refractivity contribution in [3.05, 3.63) is 47.5 Å². The van der Waals surface area contributed by atoms with Gasteiger partial charge in [-0.05, 0) is 37.0 Å². The molecule has 1 aromatic heterocycles. The van der Waals surface area contributed by atoms with E-state index >= 15 is 0 Å². The van der Waals surface area contributed by atoms with Crippen LogP contribution in [0, 0.1) is 0 Å². The van der Waals surface area contributed by atoms with Crippen LogP contribution >= 0.6 is 23.2 Å². The highest BCUT2D eigenvalue weighted by Crippen LogP contribution is 2.39. The fourth-order valence-corrected chi connectivity index (χ4v) is 2.89. The fraction of sp³-hybridized carbons (Fsp3) is 0.467. The van der Waals surface area contributed by atoms with Gasteiger partial charge in [0.2, 0.25) is 0 Å². The van der Waals surface area contributed by atoms with Crippen LogP contribution in [0.15, 0.2) is 36.9 Å². The zero-order chi connectivity index (χ0) is 15.3. The summed E-state index contributed by atoms with van der Waals surface area (Å²) >= 11 is 11.8. The maximum atomic E-state index is 11.3. The number of hydrogen-bond acceptors (Lipinski definition) is 3. The van der Waals surface area contributed by atoms with Crippen LogP contribution in [0.3, 0.4) is 0 Å². The van der Waals surface area contributed by atoms with Crippen LogP contribution < -0.4 is 0 Å². The molecular weight excluding hydrogens is 309 g/mol. The molecule has 0 amide bonds. The SMILES string of the molecule is CCC(O)(c1ccc(Cl)cc1)C(CCCCl)n1cncn1. The average Bonchev–Trinajstić information content (AvgIpc) is 3.02. The maximum absolute atomic E-state index is 11.3. The van der Waals surface area contributed by atoms with E-state index in [1.165, 1.54) is 6.33 Å². The number of alkyl halides is 1. The van der Waals surface area contributed by atoms with Gasteiger partial charge in [-0.15, -0.1) is 11.6 Å². The molecule has 0 spiro atoms. The Morgan fingerprint density at radius 2 is 2.05 bits per heavy atom. The molecule has 0 aliphatic carbocycles. The lowest BCUT2D eigenvalue weighted by Gasteiger charge is -2.36. The van der Waals surface area contributed by atoms with Crippen molar-refractivity contribution in [1.82, 2.24) is 14.8 Å². The van der Waals surface area contributed by atoms with E-state index in [1.807, 2.05) is 19.1 Å². The number of aromatic nitrogens is 3. The quantitative estimate of drug-likeness (QED) is 0.787. The van der Waals surface area contributed by atoms with Gasteiger partial charge >= 0.3 is 0 Å². The molecule has 2 unspecified atom stereocenters. The monoisotopic (exact) mass is 327 g/mol. The van der Waals surface area contributed by atoms with Gasteiger partial charge in [0.15, 0.2) is 0 Å². The number of hydrogen-bond donors (Lipinski definition) is 1. The second-order valence-corrected chi connectivity index (χ2v) is 5.82. The molecule has 4 nitrogen and oxygen atoms in total. The Morgan fingerprint density at radius 1 is 1.33 bits per heavy atom. The average molecular weight is 328 g/mol. The Bertz CT molecular complexity index is 545. The first kappa shape index (κ1) is 16.3. The van der Waals surface area contributed by atoms with Gasteiger partial charge in [0.1, 0.15) is 18.3 Å². The summed E-state index contributed by atoms with van der Waals surface area (Å²) < 4.78 is 1.71. The molecule has 2 aromatic rings. The van der Waals surface area contributed by atoms with E-state index in [2.05, 4.69) is 10.1 Å². The Hall–Kier alpha value is -1.10. The first-order valence-corrected chi connectivity index (χ1v) is 7.91. The molecular formula is C15H19Cl2N3O. The molecule has 0 saturated heterocycles. The molecule has 0 aliphatic rings. The van der Waals surface area contributed by atoms with Crippen molar-refractivity contribution in [1.29, 1.82) is 0 Å². The molecule has 2 rings (SSSR count). The topological polar surface area (TPSA) is 50.9 Å². The highest BCUT2D eigenvalue weighted by atomic mass is 35.5. The Kier molecular flexibility index (Phi) is 5.62. The van der Waals surface area contributed by atoms with Gasteiger partial charge in [0.05, 0.1) is 6.04 Å². The maximum Gasteiger partial charge on any atom is 0.137 e. The van der Waals surface area contributed by atoms with E-state index in [0.717, 1.165) is 18.4 Å². The van der Waals surface area contributed by atoms with E-state index in [9.17, 15) is 5.11 Å². The van der Waals surface area contributed by atoms with Gasteiger partial charge < -0.3 is 5.11 Å². The lowest BCUT2D eigenvalue weighted by Crippen LogP contribution is -2.37. The van der Waals surface area contributed by atoms with Crippen molar-refractivity contribution < 1.29 is 5.11 Å². The van der Waals surface area contributed by atoms with Gasteiger partial charge in [0.25, 0.3) is 0 Å². The second-order valence-electron chi connectivity index (χ2n) is 5.01. The summed E-state index contributed by atoms with van der Waals surface area (Å²) in [6.07, 6.45) is 5.18. The summed E-state index contributed by atoms with van der Waals surface area (Å²) in [4.78, 5) is 3.99. The molecule has 1 aromatic carbocycles. The third kappa shape index (κ3) is 3.57. The molecule has 6 heteroatoms. The molecule has 0 radical (unpaired) electrons. The molecule has 1 heterocycles. The highest BCUT2D eigenvalue weighted by Gasteiger charge is 2.38. The lowest BCUT2D eigenvalue weighted by molar-refractivity contribution is -0.0297. The summed E-state index contributed by atoms with van der Waals surface area (Å²) in [6.45, 7) is 1.96. The van der Waals surface area contributed by atoms with Gasteiger partial charge in [0, 0.05) is 10.9 Å². The predicted molar refractivity (Wildman–Crippen MR) is 84.7 cm³/mol. The molecule has 0 bridgehead atoms. The van der Waals surface area contributed by atoms with E-state index < -0.39 is 5.60 Å². The third-order valence-electron chi connectivity index (χ3n) is 3.80. The molecule has 0 saturated carbocycles. The van der Waals surface area contributed by atoms with Crippen molar-refractivity contribution in [3.8, 4) is 0 Å². The molecule has 0 aliphatic heterocycles. The first-order chi connectivity index (χ1) is 10.1. The summed E-state index contributed by atoms with van der Waals surface area (Å²) in [6, 6.07) is 7.08. The van der Waals surface area contributed by atoms with Crippen molar-refractivity contribution in [2.75, 3.05) is 5.88 Å². The van der Waals surface area contributed by atoms with E-state index in [-0.39, 0.29) is 6.04 Å². The fourth-order valence-electron chi connectivity index (χ4n) is 2.61.